The van der Waals surface area contributed by atoms with Crippen molar-refractivity contribution >= 4 is 5.78 Å². The number of nitrogens with one attached hydrogen (secondary N) is 1. The summed E-state index contributed by atoms with van der Waals surface area (Å²) in [5, 5.41) is 18.0. The molecule has 29 heavy (non-hydrogen) atoms. The summed E-state index contributed by atoms with van der Waals surface area (Å²) in [6.45, 7) is 4.26. The molecule has 0 unspecified atom stereocenters. The molecule has 1 aliphatic carbocycles. The van der Waals surface area contributed by atoms with Gasteiger partial charge in [0, 0.05) is 30.9 Å². The average Bonchev–Trinajstić information content (AvgIpc) is 2.68. The fraction of sp³-hybridized carbons (Fsp3) is 0.409. The molecule has 4 rings (SSSR count). The van der Waals surface area contributed by atoms with Crippen molar-refractivity contribution in [3.05, 3.63) is 58.5 Å². The number of carbonyl (C=O) groups is 1. The minimum absolute atomic E-state index is 0.0414. The first-order valence-corrected chi connectivity index (χ1v) is 9.67. The molecule has 0 saturated heterocycles. The number of Topliss-reactive ketones (excluding diaryl/α,β-unsaturated/α-hetero) is 1. The lowest BCUT2D eigenvalue weighted by Gasteiger charge is -2.37. The second-order valence-electron chi connectivity index (χ2n) is 8.32. The van der Waals surface area contributed by atoms with Crippen LogP contribution < -0.4 is 15.0 Å². The predicted octanol–water partition coefficient (Wildman–Crippen LogP) is 2.53. The van der Waals surface area contributed by atoms with Gasteiger partial charge in [0.05, 0.1) is 19.3 Å². The third-order valence-electron chi connectivity index (χ3n) is 5.55. The van der Waals surface area contributed by atoms with Crippen molar-refractivity contribution in [2.45, 2.75) is 39.2 Å². The minimum Gasteiger partial charge on any atom is -0.497 e. The number of rotatable bonds is 4. The molecular formula is C22H25N3O4. The smallest absolute Gasteiger partial charge is 0.228 e. The average molecular weight is 395 g/mol. The van der Waals surface area contributed by atoms with Crippen molar-refractivity contribution in [3.8, 4) is 11.6 Å². The summed E-state index contributed by atoms with van der Waals surface area (Å²) in [6, 6.07) is 7.53. The van der Waals surface area contributed by atoms with E-state index in [2.05, 4.69) is 18.8 Å². The lowest BCUT2D eigenvalue weighted by atomic mass is 9.70. The summed E-state index contributed by atoms with van der Waals surface area (Å²) in [5.74, 6) is 1.33. The fourth-order valence-electron chi connectivity index (χ4n) is 4.21. The van der Waals surface area contributed by atoms with Crippen molar-refractivity contribution in [2.75, 3.05) is 13.7 Å². The Bertz CT molecular complexity index is 1050. The number of hydrogen-bond donors (Lipinski definition) is 2. The van der Waals surface area contributed by atoms with Gasteiger partial charge in [0.2, 0.25) is 5.88 Å². The van der Waals surface area contributed by atoms with E-state index in [9.17, 15) is 9.90 Å². The quantitative estimate of drug-likeness (QED) is 0.829. The molecule has 2 aliphatic rings. The van der Waals surface area contributed by atoms with Crippen LogP contribution in [0.4, 0.5) is 0 Å². The number of aliphatic hydroxyl groups is 1. The van der Waals surface area contributed by atoms with Crippen molar-refractivity contribution in [1.82, 2.24) is 9.55 Å². The highest BCUT2D eigenvalue weighted by molar-refractivity contribution is 6.00. The molecule has 0 fully saturated rings. The number of aliphatic hydroxyl groups excluding tert-OH is 1. The second-order valence-corrected chi connectivity index (χ2v) is 8.32. The Labute approximate surface area is 169 Å². The van der Waals surface area contributed by atoms with E-state index >= 15 is 0 Å². The van der Waals surface area contributed by atoms with Crippen LogP contribution in [0.25, 0.3) is 0 Å². The molecule has 152 valence electrons. The monoisotopic (exact) mass is 395 g/mol. The highest BCUT2D eigenvalue weighted by Crippen LogP contribution is 2.48. The first-order chi connectivity index (χ1) is 13.8. The summed E-state index contributed by atoms with van der Waals surface area (Å²) in [4.78, 5) is 17.6. The Morgan fingerprint density at radius 1 is 1.31 bits per heavy atom. The number of ether oxygens (including phenoxy) is 2. The number of nitrogens with zero attached hydrogens (tertiary/aromatic N) is 2. The van der Waals surface area contributed by atoms with Crippen molar-refractivity contribution in [2.24, 2.45) is 5.41 Å². The lowest BCUT2D eigenvalue weighted by molar-refractivity contribution is -0.118. The Hall–Kier alpha value is -2.93. The van der Waals surface area contributed by atoms with Gasteiger partial charge in [-0.1, -0.05) is 26.0 Å². The Morgan fingerprint density at radius 2 is 2.03 bits per heavy atom. The Morgan fingerprint density at radius 3 is 2.69 bits per heavy atom. The molecule has 0 radical (unpaired) electrons. The molecule has 7 heteroatoms. The number of aromatic nitrogens is 2. The van der Waals surface area contributed by atoms with Gasteiger partial charge in [-0.2, -0.15) is 0 Å². The molecule has 2 heterocycles. The summed E-state index contributed by atoms with van der Waals surface area (Å²) < 4.78 is 12.9. The van der Waals surface area contributed by atoms with E-state index < -0.39 is 5.92 Å². The van der Waals surface area contributed by atoms with Crippen LogP contribution >= 0.6 is 0 Å². The number of carbonyl (C=O) groups excluding carboxylic acids is 1. The van der Waals surface area contributed by atoms with E-state index in [0.29, 0.717) is 35.6 Å². The molecule has 1 aliphatic heterocycles. The highest BCUT2D eigenvalue weighted by Gasteiger charge is 2.43. The summed E-state index contributed by atoms with van der Waals surface area (Å²) in [7, 11) is 1.61. The van der Waals surface area contributed by atoms with Gasteiger partial charge in [-0.25, -0.2) is 4.98 Å². The normalized spacial score (nSPS) is 20.0. The lowest BCUT2D eigenvalue weighted by Crippen LogP contribution is -2.37. The zero-order valence-corrected chi connectivity index (χ0v) is 16.9. The van der Waals surface area contributed by atoms with Crippen LogP contribution in [-0.2, 0) is 11.3 Å². The Kier molecular flexibility index (Phi) is 4.78. The van der Waals surface area contributed by atoms with E-state index in [1.54, 1.807) is 11.7 Å². The Balaban J connectivity index is 1.94. The number of methoxy groups -OCH3 is 1. The van der Waals surface area contributed by atoms with Crippen LogP contribution in [0, 0.1) is 10.8 Å². The number of allylic oxidation sites excluding steroid dienone is 2. The number of benzene rings is 1. The maximum absolute atomic E-state index is 13.2. The van der Waals surface area contributed by atoms with Crippen LogP contribution in [0.2, 0.25) is 0 Å². The zero-order chi connectivity index (χ0) is 20.8. The number of fused-ring (bicyclic) bond motifs is 1. The van der Waals surface area contributed by atoms with Crippen LogP contribution in [0.3, 0.4) is 0 Å². The summed E-state index contributed by atoms with van der Waals surface area (Å²) in [5.41, 5.74) is 2.05. The maximum atomic E-state index is 13.2. The van der Waals surface area contributed by atoms with Gasteiger partial charge in [0.25, 0.3) is 0 Å². The maximum Gasteiger partial charge on any atom is 0.228 e. The molecule has 1 atom stereocenters. The summed E-state index contributed by atoms with van der Waals surface area (Å²) in [6.07, 6.45) is 2.58. The van der Waals surface area contributed by atoms with Crippen LogP contribution in [0.15, 0.2) is 41.9 Å². The van der Waals surface area contributed by atoms with Gasteiger partial charge in [-0.15, -0.1) is 0 Å². The standard InChI is InChI=1S/C22H25N3O4/c1-22(2)10-15(27)18-16(11-22)29-21-19(20(23)25(8-9-26)12-24-21)17(18)13-4-6-14(28-3)7-5-13/h4-7,12,17,23,26H,8-11H2,1-3H3/t17-/m1/s1. The van der Waals surface area contributed by atoms with E-state index in [-0.39, 0.29) is 29.8 Å². The molecule has 7 nitrogen and oxygen atoms in total. The molecule has 1 aromatic heterocycles. The van der Waals surface area contributed by atoms with Crippen LogP contribution in [0.5, 0.6) is 11.6 Å². The third-order valence-corrected chi connectivity index (χ3v) is 5.55. The van der Waals surface area contributed by atoms with Crippen molar-refractivity contribution < 1.29 is 19.4 Å². The fourth-order valence-corrected chi connectivity index (χ4v) is 4.21. The SMILES string of the molecule is COc1ccc([C@@H]2C3=C(CC(C)(C)CC3=O)Oc3ncn(CCO)c(=N)c32)cc1. The predicted molar refractivity (Wildman–Crippen MR) is 106 cm³/mol. The minimum atomic E-state index is -0.436. The largest absolute Gasteiger partial charge is 0.497 e. The molecule has 0 spiro atoms. The zero-order valence-electron chi connectivity index (χ0n) is 16.9. The van der Waals surface area contributed by atoms with Crippen LogP contribution in [-0.4, -0.2) is 34.2 Å². The second kappa shape index (κ2) is 7.15. The van der Waals surface area contributed by atoms with Gasteiger partial charge in [-0.05, 0) is 23.1 Å². The molecule has 2 aromatic rings. The molecule has 1 aromatic carbocycles. The van der Waals surface area contributed by atoms with E-state index in [4.69, 9.17) is 14.9 Å². The van der Waals surface area contributed by atoms with E-state index in [0.717, 1.165) is 11.3 Å². The molecular weight excluding hydrogens is 370 g/mol. The molecule has 2 N–H and O–H groups in total. The van der Waals surface area contributed by atoms with E-state index in [1.165, 1.54) is 6.33 Å². The summed E-state index contributed by atoms with van der Waals surface area (Å²) >= 11 is 0. The van der Waals surface area contributed by atoms with Crippen LogP contribution in [0.1, 0.15) is 43.7 Å². The molecule has 0 saturated carbocycles. The van der Waals surface area contributed by atoms with Gasteiger partial charge in [-0.3, -0.25) is 10.2 Å². The third kappa shape index (κ3) is 3.35. The van der Waals surface area contributed by atoms with E-state index in [1.807, 2.05) is 24.3 Å². The van der Waals surface area contributed by atoms with Gasteiger partial charge in [0.1, 0.15) is 23.3 Å². The topological polar surface area (TPSA) is 97.4 Å². The number of hydrogen-bond acceptors (Lipinski definition) is 6. The number of ketones is 1. The first-order valence-electron chi connectivity index (χ1n) is 9.67. The molecule has 0 amide bonds. The van der Waals surface area contributed by atoms with Gasteiger partial charge in [0.15, 0.2) is 5.78 Å². The van der Waals surface area contributed by atoms with Crippen molar-refractivity contribution in [3.63, 3.8) is 0 Å². The van der Waals surface area contributed by atoms with Gasteiger partial charge < -0.3 is 19.1 Å². The van der Waals surface area contributed by atoms with Crippen molar-refractivity contribution in [1.29, 1.82) is 5.41 Å². The molecule has 0 bridgehead atoms. The first kappa shape index (κ1) is 19.4. The highest BCUT2D eigenvalue weighted by atomic mass is 16.5. The van der Waals surface area contributed by atoms with Gasteiger partial charge >= 0.3 is 0 Å².